The van der Waals surface area contributed by atoms with Crippen LogP contribution in [0.3, 0.4) is 0 Å². The molecule has 2 N–H and O–H groups in total. The molecule has 3 nitrogen and oxygen atoms in total. The summed E-state index contributed by atoms with van der Waals surface area (Å²) in [6.07, 6.45) is 13.0. The highest BCUT2D eigenvalue weighted by Crippen LogP contribution is 2.44. The van der Waals surface area contributed by atoms with Gasteiger partial charge in [0.1, 0.15) is 11.5 Å². The van der Waals surface area contributed by atoms with Gasteiger partial charge in [0.15, 0.2) is 0 Å². The van der Waals surface area contributed by atoms with Crippen molar-refractivity contribution < 1.29 is 14.9 Å². The van der Waals surface area contributed by atoms with E-state index in [4.69, 9.17) is 9.84 Å². The highest BCUT2D eigenvalue weighted by molar-refractivity contribution is 5.42. The van der Waals surface area contributed by atoms with E-state index in [0.717, 1.165) is 37.0 Å². The Morgan fingerprint density at radius 2 is 1.92 bits per heavy atom. The second kappa shape index (κ2) is 11.5. The third kappa shape index (κ3) is 6.50. The second-order valence-electron chi connectivity index (χ2n) is 8.02. The molecule has 0 spiro atoms. The molecule has 0 bridgehead atoms. The largest absolute Gasteiger partial charge is 0.508 e. The Balaban J connectivity index is 1.95. The zero-order chi connectivity index (χ0) is 18.8. The lowest BCUT2D eigenvalue weighted by atomic mass is 9.73. The maximum absolute atomic E-state index is 10.6. The monoisotopic (exact) mass is 362 g/mol. The lowest BCUT2D eigenvalue weighted by molar-refractivity contribution is 0.205. The second-order valence-corrected chi connectivity index (χ2v) is 8.02. The number of ether oxygens (including phenoxy) is 1. The van der Waals surface area contributed by atoms with Gasteiger partial charge in [-0.05, 0) is 68.9 Å². The number of aromatic hydroxyl groups is 1. The quantitative estimate of drug-likeness (QED) is 0.462. The molecule has 1 aromatic rings. The van der Waals surface area contributed by atoms with Crippen LogP contribution in [0.25, 0.3) is 0 Å². The number of rotatable bonds is 11. The van der Waals surface area contributed by atoms with Crippen LogP contribution in [-0.2, 0) is 0 Å². The van der Waals surface area contributed by atoms with Crippen molar-refractivity contribution in [2.24, 2.45) is 5.92 Å². The molecule has 1 saturated carbocycles. The van der Waals surface area contributed by atoms with Gasteiger partial charge >= 0.3 is 0 Å². The molecule has 1 aromatic carbocycles. The number of aliphatic hydroxyl groups excluding tert-OH is 1. The fraction of sp³-hybridized carbons (Fsp3) is 0.739. The van der Waals surface area contributed by atoms with Crippen LogP contribution in [0.15, 0.2) is 18.2 Å². The van der Waals surface area contributed by atoms with Crippen LogP contribution < -0.4 is 4.74 Å². The lowest BCUT2D eigenvalue weighted by Crippen LogP contribution is -2.18. The first-order valence-corrected chi connectivity index (χ1v) is 10.8. The number of phenols is 1. The van der Waals surface area contributed by atoms with Crippen molar-refractivity contribution >= 4 is 0 Å². The third-order valence-electron chi connectivity index (χ3n) is 5.84. The normalized spacial score (nSPS) is 21.5. The van der Waals surface area contributed by atoms with Gasteiger partial charge in [0.2, 0.25) is 0 Å². The molecule has 148 valence electrons. The predicted octanol–water partition coefficient (Wildman–Crippen LogP) is 6.18. The summed E-state index contributed by atoms with van der Waals surface area (Å²) in [6, 6.07) is 5.89. The minimum absolute atomic E-state index is 0.184. The van der Waals surface area contributed by atoms with Crippen LogP contribution >= 0.6 is 0 Å². The number of benzene rings is 1. The number of unbranched alkanes of at least 4 members (excludes halogenated alkanes) is 3. The van der Waals surface area contributed by atoms with Crippen LogP contribution in [0.1, 0.15) is 96.0 Å². The van der Waals surface area contributed by atoms with Crippen molar-refractivity contribution in [1.29, 1.82) is 0 Å². The van der Waals surface area contributed by atoms with Crippen molar-refractivity contribution in [2.45, 2.75) is 96.5 Å². The van der Waals surface area contributed by atoms with E-state index in [1.54, 1.807) is 6.07 Å². The topological polar surface area (TPSA) is 49.7 Å². The average Bonchev–Trinajstić information content (AvgIpc) is 2.64. The van der Waals surface area contributed by atoms with Gasteiger partial charge < -0.3 is 14.9 Å². The molecular formula is C23H38O3. The molecule has 1 unspecified atom stereocenters. The van der Waals surface area contributed by atoms with Gasteiger partial charge in [0.25, 0.3) is 0 Å². The fourth-order valence-corrected chi connectivity index (χ4v) is 4.38. The molecule has 0 aliphatic heterocycles. The maximum atomic E-state index is 10.6. The van der Waals surface area contributed by atoms with Gasteiger partial charge in [0.05, 0.1) is 6.10 Å². The van der Waals surface area contributed by atoms with E-state index < -0.39 is 0 Å². The van der Waals surface area contributed by atoms with E-state index in [1.807, 2.05) is 6.07 Å². The molecule has 0 heterocycles. The standard InChI is InChI=1S/C23H38O3/c1-3-4-5-6-10-18(2)26-20-14-15-22(23(25)17-20)21-13-8-7-11-19(21)12-9-16-24/h14-15,17-19,21,24-25H,3-13,16H2,1-2H3/t18?,19-,21-/m0/s1. The Morgan fingerprint density at radius 3 is 2.65 bits per heavy atom. The van der Waals surface area contributed by atoms with E-state index in [-0.39, 0.29) is 12.7 Å². The first-order chi connectivity index (χ1) is 12.7. The van der Waals surface area contributed by atoms with Crippen LogP contribution in [0.2, 0.25) is 0 Å². The Hall–Kier alpha value is -1.22. The van der Waals surface area contributed by atoms with Crippen molar-refractivity contribution in [1.82, 2.24) is 0 Å². The summed E-state index contributed by atoms with van der Waals surface area (Å²) in [5.74, 6) is 2.14. The highest BCUT2D eigenvalue weighted by atomic mass is 16.5. The van der Waals surface area contributed by atoms with E-state index in [9.17, 15) is 5.11 Å². The molecule has 1 aliphatic carbocycles. The Morgan fingerprint density at radius 1 is 1.12 bits per heavy atom. The van der Waals surface area contributed by atoms with E-state index in [2.05, 4.69) is 19.9 Å². The molecular weight excluding hydrogens is 324 g/mol. The summed E-state index contributed by atoms with van der Waals surface area (Å²) in [5.41, 5.74) is 1.07. The summed E-state index contributed by atoms with van der Waals surface area (Å²) in [6.45, 7) is 4.60. The number of hydrogen-bond acceptors (Lipinski definition) is 3. The Kier molecular flexibility index (Phi) is 9.31. The molecule has 3 heteroatoms. The number of hydrogen-bond donors (Lipinski definition) is 2. The van der Waals surface area contributed by atoms with E-state index in [0.29, 0.717) is 17.6 Å². The van der Waals surface area contributed by atoms with Gasteiger partial charge in [-0.25, -0.2) is 0 Å². The van der Waals surface area contributed by atoms with Gasteiger partial charge in [-0.1, -0.05) is 45.1 Å². The Bertz CT molecular complexity index is 514. The van der Waals surface area contributed by atoms with E-state index in [1.165, 1.54) is 44.9 Å². The average molecular weight is 363 g/mol. The Labute approximate surface area is 159 Å². The summed E-state index contributed by atoms with van der Waals surface area (Å²) in [4.78, 5) is 0. The maximum Gasteiger partial charge on any atom is 0.123 e. The van der Waals surface area contributed by atoms with Crippen molar-refractivity contribution in [3.8, 4) is 11.5 Å². The first-order valence-electron chi connectivity index (χ1n) is 10.8. The van der Waals surface area contributed by atoms with E-state index >= 15 is 0 Å². The van der Waals surface area contributed by atoms with Gasteiger partial charge in [-0.15, -0.1) is 0 Å². The van der Waals surface area contributed by atoms with Crippen molar-refractivity contribution in [2.75, 3.05) is 6.61 Å². The van der Waals surface area contributed by atoms with Crippen molar-refractivity contribution in [3.63, 3.8) is 0 Å². The molecule has 26 heavy (non-hydrogen) atoms. The van der Waals surface area contributed by atoms with Gasteiger partial charge in [-0.3, -0.25) is 0 Å². The summed E-state index contributed by atoms with van der Waals surface area (Å²) >= 11 is 0. The molecule has 1 aliphatic rings. The molecule has 0 aromatic heterocycles. The third-order valence-corrected chi connectivity index (χ3v) is 5.84. The summed E-state index contributed by atoms with van der Waals surface area (Å²) < 4.78 is 6.02. The zero-order valence-corrected chi connectivity index (χ0v) is 16.8. The molecule has 2 rings (SSSR count). The predicted molar refractivity (Wildman–Crippen MR) is 108 cm³/mol. The van der Waals surface area contributed by atoms with Gasteiger partial charge in [0, 0.05) is 12.7 Å². The summed E-state index contributed by atoms with van der Waals surface area (Å²) in [7, 11) is 0. The molecule has 0 radical (unpaired) electrons. The minimum Gasteiger partial charge on any atom is -0.508 e. The fourth-order valence-electron chi connectivity index (χ4n) is 4.38. The number of phenolic OH excluding ortho intramolecular Hbond substituents is 1. The molecule has 3 atom stereocenters. The molecule has 0 amide bonds. The highest BCUT2D eigenvalue weighted by Gasteiger charge is 2.28. The summed E-state index contributed by atoms with van der Waals surface area (Å²) in [5, 5.41) is 19.8. The lowest BCUT2D eigenvalue weighted by Gasteiger charge is -2.32. The minimum atomic E-state index is 0.184. The van der Waals surface area contributed by atoms with Crippen molar-refractivity contribution in [3.05, 3.63) is 23.8 Å². The van der Waals surface area contributed by atoms with Crippen LogP contribution in [0, 0.1) is 5.92 Å². The smallest absolute Gasteiger partial charge is 0.123 e. The zero-order valence-electron chi connectivity index (χ0n) is 16.8. The van der Waals surface area contributed by atoms with Crippen LogP contribution in [0.4, 0.5) is 0 Å². The molecule has 0 saturated heterocycles. The number of aliphatic hydroxyl groups is 1. The first kappa shape index (κ1) is 21.1. The van der Waals surface area contributed by atoms with Crippen LogP contribution in [0.5, 0.6) is 11.5 Å². The molecule has 1 fully saturated rings. The van der Waals surface area contributed by atoms with Gasteiger partial charge in [-0.2, -0.15) is 0 Å². The van der Waals surface area contributed by atoms with Crippen LogP contribution in [-0.4, -0.2) is 22.9 Å². The SMILES string of the molecule is CCCCCCC(C)Oc1ccc([C@H]2CCCC[C@H]2CCCO)c(O)c1.